The van der Waals surface area contributed by atoms with Gasteiger partial charge in [-0.1, -0.05) is 23.7 Å². The van der Waals surface area contributed by atoms with E-state index < -0.39 is 0 Å². The first kappa shape index (κ1) is 21.2. The van der Waals surface area contributed by atoms with Gasteiger partial charge in [-0.2, -0.15) is 0 Å². The molecule has 2 aromatic heterocycles. The number of aromatic nitrogens is 3. The largest absolute Gasteiger partial charge is 0.494 e. The second kappa shape index (κ2) is 8.98. The summed E-state index contributed by atoms with van der Waals surface area (Å²) < 4.78 is 12.1. The molecule has 0 fully saturated rings. The lowest BCUT2D eigenvalue weighted by Crippen LogP contribution is -2.01. The number of nitrogens with one attached hydrogen (secondary N) is 1. The zero-order valence-corrected chi connectivity index (χ0v) is 19.0. The van der Waals surface area contributed by atoms with Crippen molar-refractivity contribution in [1.82, 2.24) is 15.0 Å². The first-order valence-electron chi connectivity index (χ1n) is 10.4. The van der Waals surface area contributed by atoms with E-state index in [-0.39, 0.29) is 0 Å². The summed E-state index contributed by atoms with van der Waals surface area (Å²) >= 11 is 6.06. The Morgan fingerprint density at radius 3 is 2.39 bits per heavy atom. The highest BCUT2D eigenvalue weighted by atomic mass is 35.5. The maximum Gasteiger partial charge on any atom is 0.245 e. The Bertz CT molecular complexity index is 1170. The molecule has 2 aromatic carbocycles. The lowest BCUT2D eigenvalue weighted by atomic mass is 10.0. The summed E-state index contributed by atoms with van der Waals surface area (Å²) in [7, 11) is 0. The number of hydrogen-bond acceptors (Lipinski definition) is 4. The van der Waals surface area contributed by atoms with Crippen LogP contribution < -0.4 is 4.74 Å². The van der Waals surface area contributed by atoms with Crippen molar-refractivity contribution < 1.29 is 9.15 Å². The van der Waals surface area contributed by atoms with Crippen molar-refractivity contribution in [2.24, 2.45) is 0 Å². The fourth-order valence-electron chi connectivity index (χ4n) is 3.50. The van der Waals surface area contributed by atoms with Crippen LogP contribution in [0.25, 0.3) is 22.8 Å². The van der Waals surface area contributed by atoms with E-state index in [4.69, 9.17) is 25.7 Å². The highest BCUT2D eigenvalue weighted by molar-refractivity contribution is 6.30. The van der Waals surface area contributed by atoms with E-state index in [9.17, 15) is 0 Å². The van der Waals surface area contributed by atoms with Crippen LogP contribution >= 0.6 is 11.6 Å². The van der Waals surface area contributed by atoms with Gasteiger partial charge in [0.05, 0.1) is 12.8 Å². The maximum atomic E-state index is 6.13. The minimum Gasteiger partial charge on any atom is -0.494 e. The SMILES string of the molecule is Cc1ncc(-c2nc(-c3ccc(Cl)cc3)c(CCCOc3cc(C)c(C)c(C)c3)o2)[nH]1. The zero-order valence-electron chi connectivity index (χ0n) is 18.3. The second-order valence-corrected chi connectivity index (χ2v) is 8.25. The number of ether oxygens (including phenoxy) is 1. The van der Waals surface area contributed by atoms with Crippen molar-refractivity contribution in [3.8, 4) is 28.6 Å². The molecule has 2 heterocycles. The monoisotopic (exact) mass is 435 g/mol. The molecule has 4 aromatic rings. The Balaban J connectivity index is 1.51. The third-order valence-corrected chi connectivity index (χ3v) is 5.72. The van der Waals surface area contributed by atoms with Crippen molar-refractivity contribution in [3.63, 3.8) is 0 Å². The quantitative estimate of drug-likeness (QED) is 0.331. The number of imidazole rings is 1. The molecule has 0 aliphatic heterocycles. The highest BCUT2D eigenvalue weighted by Crippen LogP contribution is 2.30. The Kier molecular flexibility index (Phi) is 6.14. The van der Waals surface area contributed by atoms with Gasteiger partial charge in [-0.25, -0.2) is 9.97 Å². The predicted octanol–water partition coefficient (Wildman–Crippen LogP) is 6.63. The average molecular weight is 436 g/mol. The van der Waals surface area contributed by atoms with Crippen molar-refractivity contribution >= 4 is 11.6 Å². The fourth-order valence-corrected chi connectivity index (χ4v) is 3.63. The van der Waals surface area contributed by atoms with Gasteiger partial charge >= 0.3 is 0 Å². The summed E-state index contributed by atoms with van der Waals surface area (Å²) in [5, 5.41) is 0.690. The number of H-pyrrole nitrogens is 1. The molecule has 5 nitrogen and oxygen atoms in total. The molecular formula is C25H26ClN3O2. The minimum absolute atomic E-state index is 0.534. The molecule has 31 heavy (non-hydrogen) atoms. The van der Waals surface area contributed by atoms with Gasteiger partial charge in [-0.05, 0) is 75.1 Å². The Hall–Kier alpha value is -3.05. The third kappa shape index (κ3) is 4.83. The van der Waals surface area contributed by atoms with E-state index in [0.29, 0.717) is 23.9 Å². The lowest BCUT2D eigenvalue weighted by Gasteiger charge is -2.10. The van der Waals surface area contributed by atoms with Crippen LogP contribution in [0.5, 0.6) is 5.75 Å². The van der Waals surface area contributed by atoms with Crippen molar-refractivity contribution in [2.75, 3.05) is 6.61 Å². The van der Waals surface area contributed by atoms with Crippen molar-refractivity contribution in [1.29, 1.82) is 0 Å². The Labute approximate surface area is 187 Å². The van der Waals surface area contributed by atoms with Crippen LogP contribution in [0.3, 0.4) is 0 Å². The van der Waals surface area contributed by atoms with Crippen LogP contribution in [0.1, 0.15) is 34.7 Å². The van der Waals surface area contributed by atoms with Gasteiger partial charge in [0.1, 0.15) is 28.7 Å². The number of aromatic amines is 1. The third-order valence-electron chi connectivity index (χ3n) is 5.47. The molecule has 6 heteroatoms. The number of hydrogen-bond donors (Lipinski definition) is 1. The normalized spacial score (nSPS) is 11.1. The van der Waals surface area contributed by atoms with Crippen molar-refractivity contribution in [2.45, 2.75) is 40.5 Å². The van der Waals surface area contributed by atoms with Gasteiger partial charge in [0.25, 0.3) is 0 Å². The van der Waals surface area contributed by atoms with E-state index in [2.05, 4.69) is 42.9 Å². The summed E-state index contributed by atoms with van der Waals surface area (Å²) in [6.45, 7) is 8.86. The summed E-state index contributed by atoms with van der Waals surface area (Å²) in [5.41, 5.74) is 6.35. The number of oxazole rings is 1. The molecule has 0 amide bonds. The molecule has 0 aliphatic carbocycles. The lowest BCUT2D eigenvalue weighted by molar-refractivity contribution is 0.306. The number of aryl methyl sites for hydroxylation is 4. The number of rotatable bonds is 7. The van der Waals surface area contributed by atoms with Gasteiger partial charge in [0.15, 0.2) is 0 Å². The van der Waals surface area contributed by atoms with Gasteiger partial charge in [0, 0.05) is 17.0 Å². The molecule has 160 valence electrons. The number of nitrogens with zero attached hydrogens (tertiary/aromatic N) is 2. The van der Waals surface area contributed by atoms with Crippen LogP contribution in [-0.2, 0) is 6.42 Å². The summed E-state index contributed by atoms with van der Waals surface area (Å²) in [6.07, 6.45) is 3.26. The van der Waals surface area contributed by atoms with E-state index in [1.165, 1.54) is 16.7 Å². The molecule has 0 saturated carbocycles. The van der Waals surface area contributed by atoms with E-state index in [1.807, 2.05) is 31.2 Å². The van der Waals surface area contributed by atoms with Crippen LogP contribution in [0, 0.1) is 27.7 Å². The van der Waals surface area contributed by atoms with E-state index in [1.54, 1.807) is 6.20 Å². The van der Waals surface area contributed by atoms with Gasteiger partial charge in [-0.3, -0.25) is 0 Å². The number of benzene rings is 2. The molecule has 0 bridgehead atoms. The first-order chi connectivity index (χ1) is 14.9. The standard InChI is InChI=1S/C25H26ClN3O2/c1-15-12-21(13-16(2)17(15)3)30-11-5-6-23-24(19-7-9-20(26)10-8-19)29-25(31-23)22-14-27-18(4)28-22/h7-10,12-14H,5-6,11H2,1-4H3,(H,27,28). The van der Waals surface area contributed by atoms with Crippen LogP contribution in [0.4, 0.5) is 0 Å². The van der Waals surface area contributed by atoms with Crippen LogP contribution in [0.2, 0.25) is 5.02 Å². The zero-order chi connectivity index (χ0) is 22.0. The van der Waals surface area contributed by atoms with Crippen LogP contribution in [0.15, 0.2) is 47.0 Å². The molecule has 0 spiro atoms. The molecular weight excluding hydrogens is 410 g/mol. The van der Waals surface area contributed by atoms with E-state index in [0.717, 1.165) is 40.7 Å². The van der Waals surface area contributed by atoms with Crippen LogP contribution in [-0.4, -0.2) is 21.6 Å². The first-order valence-corrected chi connectivity index (χ1v) is 10.8. The van der Waals surface area contributed by atoms with Crippen molar-refractivity contribution in [3.05, 3.63) is 75.9 Å². The van der Waals surface area contributed by atoms with Gasteiger partial charge < -0.3 is 14.1 Å². The topological polar surface area (TPSA) is 63.9 Å². The maximum absolute atomic E-state index is 6.13. The highest BCUT2D eigenvalue weighted by Gasteiger charge is 2.17. The molecule has 1 N–H and O–H groups in total. The van der Waals surface area contributed by atoms with Gasteiger partial charge in [-0.15, -0.1) is 0 Å². The minimum atomic E-state index is 0.534. The molecule has 0 saturated heterocycles. The van der Waals surface area contributed by atoms with Gasteiger partial charge in [0.2, 0.25) is 5.89 Å². The molecule has 0 radical (unpaired) electrons. The molecule has 0 unspecified atom stereocenters. The summed E-state index contributed by atoms with van der Waals surface area (Å²) in [4.78, 5) is 12.2. The molecule has 4 rings (SSSR count). The second-order valence-electron chi connectivity index (χ2n) is 7.81. The Morgan fingerprint density at radius 2 is 1.74 bits per heavy atom. The average Bonchev–Trinajstić information content (AvgIpc) is 3.36. The Morgan fingerprint density at radius 1 is 1.03 bits per heavy atom. The summed E-state index contributed by atoms with van der Waals surface area (Å²) in [6, 6.07) is 11.8. The predicted molar refractivity (Wildman–Crippen MR) is 124 cm³/mol. The summed E-state index contributed by atoms with van der Waals surface area (Å²) in [5.74, 6) is 3.08. The molecule has 0 aliphatic rings. The fraction of sp³-hybridized carbons (Fsp3) is 0.280. The number of halogens is 1. The molecule has 0 atom stereocenters. The van der Waals surface area contributed by atoms with E-state index >= 15 is 0 Å². The smallest absolute Gasteiger partial charge is 0.245 e.